The third kappa shape index (κ3) is 6.17. The number of hydrogen-bond donors (Lipinski definition) is 1. The molecule has 3 aromatic rings. The maximum atomic E-state index is 12.3. The van der Waals surface area contributed by atoms with Crippen molar-refractivity contribution in [1.29, 1.82) is 0 Å². The van der Waals surface area contributed by atoms with Crippen molar-refractivity contribution >= 4 is 23.9 Å². The van der Waals surface area contributed by atoms with Gasteiger partial charge in [0.1, 0.15) is 11.5 Å². The predicted octanol–water partition coefficient (Wildman–Crippen LogP) is 4.52. The fourth-order valence-corrected chi connectivity index (χ4v) is 4.07. The summed E-state index contributed by atoms with van der Waals surface area (Å²) in [7, 11) is 3.16. The Hall–Kier alpha value is -3.33. The number of thioether (sulfide) groups is 1. The maximum Gasteiger partial charge on any atom is 0.250 e. The minimum Gasteiger partial charge on any atom is -0.497 e. The van der Waals surface area contributed by atoms with Crippen molar-refractivity contribution in [1.82, 2.24) is 20.2 Å². The molecule has 0 bridgehead atoms. The van der Waals surface area contributed by atoms with Crippen LogP contribution in [0.25, 0.3) is 11.4 Å². The van der Waals surface area contributed by atoms with E-state index in [9.17, 15) is 4.79 Å². The largest absolute Gasteiger partial charge is 0.497 e. The van der Waals surface area contributed by atoms with E-state index >= 15 is 0 Å². The molecule has 0 aliphatic rings. The Morgan fingerprint density at radius 1 is 1.12 bits per heavy atom. The molecule has 9 heteroatoms. The second kappa shape index (κ2) is 11.2. The van der Waals surface area contributed by atoms with Crippen molar-refractivity contribution in [2.45, 2.75) is 44.8 Å². The van der Waals surface area contributed by atoms with E-state index in [2.05, 4.69) is 65.8 Å². The lowest BCUT2D eigenvalue weighted by atomic mass is 9.87. The molecule has 0 atom stereocenters. The molecule has 0 saturated heterocycles. The van der Waals surface area contributed by atoms with E-state index in [1.165, 1.54) is 23.5 Å². The van der Waals surface area contributed by atoms with Crippen LogP contribution in [0, 0.1) is 0 Å². The first-order valence-corrected chi connectivity index (χ1v) is 12.0. The van der Waals surface area contributed by atoms with Crippen LogP contribution in [0.5, 0.6) is 11.5 Å². The average Bonchev–Trinajstić information content (AvgIpc) is 3.25. The van der Waals surface area contributed by atoms with Crippen molar-refractivity contribution in [3.05, 3.63) is 53.6 Å². The summed E-state index contributed by atoms with van der Waals surface area (Å²) in [4.78, 5) is 12.3. The van der Waals surface area contributed by atoms with Gasteiger partial charge in [-0.2, -0.15) is 5.10 Å². The molecule has 1 amide bonds. The zero-order chi connectivity index (χ0) is 24.7. The van der Waals surface area contributed by atoms with E-state index in [-0.39, 0.29) is 17.1 Å². The summed E-state index contributed by atoms with van der Waals surface area (Å²) < 4.78 is 12.5. The minimum atomic E-state index is -0.240. The number of nitrogens with one attached hydrogen (secondary N) is 1. The highest BCUT2D eigenvalue weighted by Crippen LogP contribution is 2.28. The van der Waals surface area contributed by atoms with Crippen LogP contribution in [0.15, 0.2) is 52.7 Å². The van der Waals surface area contributed by atoms with Crippen molar-refractivity contribution in [2.24, 2.45) is 5.10 Å². The average molecular weight is 482 g/mol. The van der Waals surface area contributed by atoms with Crippen molar-refractivity contribution in [3.63, 3.8) is 0 Å². The number of hydrazone groups is 1. The van der Waals surface area contributed by atoms with Crippen LogP contribution >= 0.6 is 11.8 Å². The van der Waals surface area contributed by atoms with E-state index in [1.54, 1.807) is 32.4 Å². The fourth-order valence-electron chi connectivity index (χ4n) is 3.27. The number of aromatic nitrogens is 3. The molecule has 0 aliphatic heterocycles. The zero-order valence-corrected chi connectivity index (χ0v) is 21.3. The summed E-state index contributed by atoms with van der Waals surface area (Å²) in [5, 5.41) is 13.4. The van der Waals surface area contributed by atoms with Crippen LogP contribution in [0.1, 0.15) is 38.8 Å². The van der Waals surface area contributed by atoms with Crippen molar-refractivity contribution in [3.8, 4) is 22.9 Å². The van der Waals surface area contributed by atoms with Crippen LogP contribution in [-0.2, 0) is 16.8 Å². The van der Waals surface area contributed by atoms with Crippen LogP contribution in [-0.4, -0.2) is 46.9 Å². The molecule has 1 heterocycles. The molecule has 0 unspecified atom stereocenters. The van der Waals surface area contributed by atoms with E-state index in [4.69, 9.17) is 9.47 Å². The summed E-state index contributed by atoms with van der Waals surface area (Å²) in [5.41, 5.74) is 5.62. The van der Waals surface area contributed by atoms with E-state index in [1.807, 2.05) is 11.5 Å². The normalized spacial score (nSPS) is 11.6. The lowest BCUT2D eigenvalue weighted by Crippen LogP contribution is -2.20. The molecule has 0 radical (unpaired) electrons. The number of methoxy groups -OCH3 is 2. The second-order valence-corrected chi connectivity index (χ2v) is 9.51. The first kappa shape index (κ1) is 25.3. The van der Waals surface area contributed by atoms with Gasteiger partial charge < -0.3 is 14.0 Å². The van der Waals surface area contributed by atoms with Gasteiger partial charge in [0, 0.05) is 23.7 Å². The van der Waals surface area contributed by atoms with E-state index in [0.717, 1.165) is 17.0 Å². The lowest BCUT2D eigenvalue weighted by molar-refractivity contribution is -0.118. The SMILES string of the molecule is CCn1c(SCC(=O)N/N=C/c2ccc(OC)cc2OC)nnc1-c1ccc(C(C)(C)C)cc1. The van der Waals surface area contributed by atoms with Gasteiger partial charge in [-0.25, -0.2) is 5.43 Å². The molecular weight excluding hydrogens is 450 g/mol. The monoisotopic (exact) mass is 481 g/mol. The summed E-state index contributed by atoms with van der Waals surface area (Å²) in [6.45, 7) is 9.30. The number of amides is 1. The molecule has 1 aromatic heterocycles. The molecule has 3 rings (SSSR count). The lowest BCUT2D eigenvalue weighted by Gasteiger charge is -2.19. The molecule has 34 heavy (non-hydrogen) atoms. The summed E-state index contributed by atoms with van der Waals surface area (Å²) in [6.07, 6.45) is 1.54. The number of carbonyl (C=O) groups excluding carboxylic acids is 1. The Labute approximate surface area is 204 Å². The molecule has 2 aromatic carbocycles. The predicted molar refractivity (Wildman–Crippen MR) is 136 cm³/mol. The highest BCUT2D eigenvalue weighted by atomic mass is 32.2. The van der Waals surface area contributed by atoms with Gasteiger partial charge in [-0.05, 0) is 30.0 Å². The topological polar surface area (TPSA) is 90.6 Å². The highest BCUT2D eigenvalue weighted by Gasteiger charge is 2.17. The number of nitrogens with zero attached hydrogens (tertiary/aromatic N) is 4. The molecular formula is C25H31N5O3S. The summed E-state index contributed by atoms with van der Waals surface area (Å²) >= 11 is 1.32. The zero-order valence-electron chi connectivity index (χ0n) is 20.5. The molecule has 180 valence electrons. The van der Waals surface area contributed by atoms with Gasteiger partial charge in [-0.1, -0.05) is 56.8 Å². The highest BCUT2D eigenvalue weighted by molar-refractivity contribution is 7.99. The number of carbonyl (C=O) groups is 1. The van der Waals surface area contributed by atoms with Gasteiger partial charge in [0.05, 0.1) is 26.2 Å². The third-order valence-corrected chi connectivity index (χ3v) is 6.17. The Morgan fingerprint density at radius 2 is 1.85 bits per heavy atom. The quantitative estimate of drug-likeness (QED) is 0.274. The summed E-state index contributed by atoms with van der Waals surface area (Å²) in [5.74, 6) is 1.99. The number of rotatable bonds is 9. The number of ether oxygens (including phenoxy) is 2. The molecule has 8 nitrogen and oxygen atoms in total. The molecule has 0 fully saturated rings. The molecule has 0 aliphatic carbocycles. The van der Waals surface area contributed by atoms with Crippen molar-refractivity contribution < 1.29 is 14.3 Å². The van der Waals surface area contributed by atoms with Gasteiger partial charge in [-0.15, -0.1) is 10.2 Å². The first-order valence-electron chi connectivity index (χ1n) is 11.0. The molecule has 0 spiro atoms. The van der Waals surface area contributed by atoms with Crippen molar-refractivity contribution in [2.75, 3.05) is 20.0 Å². The second-order valence-electron chi connectivity index (χ2n) is 8.57. The molecule has 0 saturated carbocycles. The van der Waals surface area contributed by atoms with Crippen LogP contribution in [0.2, 0.25) is 0 Å². The molecule has 1 N–H and O–H groups in total. The van der Waals surface area contributed by atoms with E-state index < -0.39 is 0 Å². The summed E-state index contributed by atoms with van der Waals surface area (Å²) in [6, 6.07) is 13.7. The van der Waals surface area contributed by atoms with E-state index in [0.29, 0.717) is 23.2 Å². The smallest absolute Gasteiger partial charge is 0.250 e. The Morgan fingerprint density at radius 3 is 2.47 bits per heavy atom. The first-order chi connectivity index (χ1) is 16.3. The Balaban J connectivity index is 1.62. The Kier molecular flexibility index (Phi) is 8.33. The number of hydrogen-bond acceptors (Lipinski definition) is 7. The van der Waals surface area contributed by atoms with Crippen LogP contribution in [0.3, 0.4) is 0 Å². The Bertz CT molecular complexity index is 1150. The van der Waals surface area contributed by atoms with Crippen LogP contribution in [0.4, 0.5) is 0 Å². The standard InChI is InChI=1S/C25H31N5O3S/c1-7-30-23(17-8-11-19(12-9-17)25(2,3)4)28-29-24(30)34-16-22(31)27-26-15-18-10-13-20(32-5)14-21(18)33-6/h8-15H,7,16H2,1-6H3,(H,27,31)/b26-15+. The van der Waals surface area contributed by atoms with Gasteiger partial charge in [-0.3, -0.25) is 4.79 Å². The van der Waals surface area contributed by atoms with Gasteiger partial charge >= 0.3 is 0 Å². The minimum absolute atomic E-state index is 0.0896. The fraction of sp³-hybridized carbons (Fsp3) is 0.360. The van der Waals surface area contributed by atoms with Gasteiger partial charge in [0.15, 0.2) is 11.0 Å². The van der Waals surface area contributed by atoms with Crippen LogP contribution < -0.4 is 14.9 Å². The number of benzene rings is 2. The van der Waals surface area contributed by atoms with Gasteiger partial charge in [0.25, 0.3) is 5.91 Å². The maximum absolute atomic E-state index is 12.3. The third-order valence-electron chi connectivity index (χ3n) is 5.21. The van der Waals surface area contributed by atoms with Gasteiger partial charge in [0.2, 0.25) is 0 Å².